The summed E-state index contributed by atoms with van der Waals surface area (Å²) in [5.74, 6) is -1.57. The fraction of sp³-hybridized carbons (Fsp3) is 0.450. The number of carbonyl (C=O) groups excluding carboxylic acids is 4. The van der Waals surface area contributed by atoms with Crippen molar-refractivity contribution < 1.29 is 37.1 Å². The number of alkyl carbamates (subject to hydrolysis) is 1. The van der Waals surface area contributed by atoms with Crippen LogP contribution in [0.1, 0.15) is 79.2 Å². The van der Waals surface area contributed by atoms with Crippen LogP contribution in [0, 0.1) is 11.8 Å². The number of amides is 3. The van der Waals surface area contributed by atoms with E-state index in [9.17, 15) is 27.6 Å². The molecular weight excluding hydrogens is 711 g/mol. The van der Waals surface area contributed by atoms with Crippen LogP contribution in [0.15, 0.2) is 83.8 Å². The third-order valence-corrected chi connectivity index (χ3v) is 10.5. The number of hydrogen-bond donors (Lipinski definition) is 4. The first kappa shape index (κ1) is 43.6. The van der Waals surface area contributed by atoms with Crippen molar-refractivity contribution in [3.05, 3.63) is 95.6 Å². The quantitative estimate of drug-likeness (QED) is 0.0719. The van der Waals surface area contributed by atoms with E-state index in [1.54, 1.807) is 0 Å². The average molecular weight is 766 g/mol. The van der Waals surface area contributed by atoms with Gasteiger partial charge in [0.2, 0.25) is 15.9 Å². The molecule has 3 amide bonds. The van der Waals surface area contributed by atoms with E-state index in [-0.39, 0.29) is 61.6 Å². The second-order valence-electron chi connectivity index (χ2n) is 13.6. The van der Waals surface area contributed by atoms with Crippen molar-refractivity contribution in [2.75, 3.05) is 45.2 Å². The van der Waals surface area contributed by atoms with Gasteiger partial charge in [-0.3, -0.25) is 14.4 Å². The van der Waals surface area contributed by atoms with Crippen molar-refractivity contribution in [3.63, 3.8) is 0 Å². The van der Waals surface area contributed by atoms with E-state index >= 15 is 0 Å². The van der Waals surface area contributed by atoms with Gasteiger partial charge in [-0.05, 0) is 86.2 Å². The van der Waals surface area contributed by atoms with E-state index in [4.69, 9.17) is 20.9 Å². The Morgan fingerprint density at radius 2 is 1.50 bits per heavy atom. The second kappa shape index (κ2) is 22.4. The molecule has 0 radical (unpaired) electrons. The van der Waals surface area contributed by atoms with Crippen LogP contribution in [-0.2, 0) is 30.7 Å². The SMILES string of the molecule is CCOCCOC(=O)N[C@@H](Cc1ccccc1)[C@H](CC(=O)CCCCCNC(=O)c1ccc(C(N)=O)cc1)CN(CC(C)C)S(=O)(=O)c1ccc(N)cc1. The van der Waals surface area contributed by atoms with Crippen LogP contribution in [0.3, 0.4) is 0 Å². The highest BCUT2D eigenvalue weighted by Gasteiger charge is 2.33. The molecule has 0 fully saturated rings. The molecule has 0 saturated heterocycles. The highest BCUT2D eigenvalue weighted by Crippen LogP contribution is 2.25. The Morgan fingerprint density at radius 1 is 0.833 bits per heavy atom. The molecule has 3 aromatic rings. The second-order valence-corrected chi connectivity index (χ2v) is 15.5. The van der Waals surface area contributed by atoms with Gasteiger partial charge < -0.3 is 31.6 Å². The first-order valence-electron chi connectivity index (χ1n) is 18.4. The minimum Gasteiger partial charge on any atom is -0.447 e. The number of carbonyl (C=O) groups is 4. The van der Waals surface area contributed by atoms with Gasteiger partial charge in [-0.25, -0.2) is 13.2 Å². The van der Waals surface area contributed by atoms with Crippen molar-refractivity contribution in [2.24, 2.45) is 17.6 Å². The van der Waals surface area contributed by atoms with Gasteiger partial charge in [-0.1, -0.05) is 50.6 Å². The monoisotopic (exact) mass is 765 g/mol. The topological polar surface area (TPSA) is 200 Å². The third kappa shape index (κ3) is 14.9. The molecular formula is C40H55N5O8S. The van der Waals surface area contributed by atoms with E-state index in [1.807, 2.05) is 51.1 Å². The Bertz CT molecular complexity index is 1740. The normalized spacial score (nSPS) is 12.6. The van der Waals surface area contributed by atoms with Crippen molar-refractivity contribution >= 4 is 39.4 Å². The zero-order chi connectivity index (χ0) is 39.5. The van der Waals surface area contributed by atoms with Gasteiger partial charge in [0.05, 0.1) is 11.5 Å². The highest BCUT2D eigenvalue weighted by molar-refractivity contribution is 7.89. The number of sulfonamides is 1. The predicted octanol–water partition coefficient (Wildman–Crippen LogP) is 4.95. The molecule has 0 aromatic heterocycles. The van der Waals surface area contributed by atoms with Crippen molar-refractivity contribution in [1.82, 2.24) is 14.9 Å². The number of nitrogen functional groups attached to an aromatic ring is 1. The Kier molecular flexibility index (Phi) is 18.1. The number of unbranched alkanes of at least 4 members (excludes halogenated alkanes) is 2. The van der Waals surface area contributed by atoms with Crippen LogP contribution in [0.4, 0.5) is 10.5 Å². The molecule has 0 unspecified atom stereocenters. The zero-order valence-corrected chi connectivity index (χ0v) is 32.3. The lowest BCUT2D eigenvalue weighted by molar-refractivity contribution is -0.120. The van der Waals surface area contributed by atoms with E-state index < -0.39 is 34.0 Å². The molecule has 6 N–H and O–H groups in total. The number of primary amides is 1. The number of rotatable bonds is 24. The molecule has 13 nitrogen and oxygen atoms in total. The number of nitrogens with two attached hydrogens (primary N) is 2. The Morgan fingerprint density at radius 3 is 2.13 bits per heavy atom. The van der Waals surface area contributed by atoms with Crippen LogP contribution in [-0.4, -0.2) is 81.9 Å². The molecule has 0 bridgehead atoms. The fourth-order valence-corrected chi connectivity index (χ4v) is 7.57. The number of nitrogens with zero attached hydrogens (tertiary/aromatic N) is 1. The lowest BCUT2D eigenvalue weighted by Gasteiger charge is -2.33. The lowest BCUT2D eigenvalue weighted by atomic mass is 9.88. The van der Waals surface area contributed by atoms with Crippen molar-refractivity contribution in [1.29, 1.82) is 0 Å². The first-order valence-corrected chi connectivity index (χ1v) is 19.8. The van der Waals surface area contributed by atoms with Gasteiger partial charge in [-0.15, -0.1) is 0 Å². The van der Waals surface area contributed by atoms with Crippen molar-refractivity contribution in [2.45, 2.75) is 70.2 Å². The average Bonchev–Trinajstić information content (AvgIpc) is 3.14. The standard InChI is InChI=1S/C40H55N5O8S/c1-4-52-23-24-53-40(49)44-37(25-30-11-7-5-8-12-30)33(28-45(27-29(2)3)54(50,51)36-20-18-34(41)19-21-36)26-35(46)13-9-6-10-22-43-39(48)32-16-14-31(15-17-32)38(42)47/h5,7-8,11-12,14-21,29,33,37H,4,6,9-10,13,22-28,41H2,1-3H3,(H2,42,47)(H,43,48)(H,44,49)/t33-,37+/m1/s1. The van der Waals surface area contributed by atoms with Crippen LogP contribution in [0.25, 0.3) is 0 Å². The number of ketones is 1. The molecule has 0 saturated carbocycles. The summed E-state index contributed by atoms with van der Waals surface area (Å²) in [5, 5.41) is 5.80. The summed E-state index contributed by atoms with van der Waals surface area (Å²) in [5.41, 5.74) is 13.2. The molecule has 0 aliphatic rings. The highest BCUT2D eigenvalue weighted by atomic mass is 32.2. The summed E-state index contributed by atoms with van der Waals surface area (Å²) in [7, 11) is -4.01. The van der Waals surface area contributed by atoms with Crippen molar-refractivity contribution in [3.8, 4) is 0 Å². The summed E-state index contributed by atoms with van der Waals surface area (Å²) < 4.78 is 40.3. The maximum atomic E-state index is 14.1. The summed E-state index contributed by atoms with van der Waals surface area (Å²) in [6.45, 7) is 6.98. The largest absolute Gasteiger partial charge is 0.447 e. The maximum Gasteiger partial charge on any atom is 0.407 e. The molecule has 14 heteroatoms. The summed E-state index contributed by atoms with van der Waals surface area (Å²) in [6, 6.07) is 20.9. The molecule has 3 aromatic carbocycles. The van der Waals surface area contributed by atoms with Crippen LogP contribution in [0.5, 0.6) is 0 Å². The Balaban J connectivity index is 1.76. The minimum absolute atomic E-state index is 0.0145. The fourth-order valence-electron chi connectivity index (χ4n) is 5.91. The van der Waals surface area contributed by atoms with Gasteiger partial charge in [0.1, 0.15) is 12.4 Å². The molecule has 2 atom stereocenters. The Labute approximate surface area is 319 Å². The van der Waals surface area contributed by atoms with E-state index in [2.05, 4.69) is 10.6 Å². The molecule has 0 spiro atoms. The molecule has 54 heavy (non-hydrogen) atoms. The molecule has 294 valence electrons. The number of ether oxygens (including phenoxy) is 2. The Hall–Kier alpha value is -4.79. The zero-order valence-electron chi connectivity index (χ0n) is 31.5. The molecule has 0 heterocycles. The van der Waals surface area contributed by atoms with E-state index in [0.29, 0.717) is 55.6 Å². The lowest BCUT2D eigenvalue weighted by Crippen LogP contribution is -2.49. The summed E-state index contributed by atoms with van der Waals surface area (Å²) >= 11 is 0. The number of Topliss-reactive ketones (excluding diaryl/α,β-unsaturated/α-hetero) is 1. The van der Waals surface area contributed by atoms with Crippen LogP contribution >= 0.6 is 0 Å². The summed E-state index contributed by atoms with van der Waals surface area (Å²) in [4.78, 5) is 50.6. The first-order chi connectivity index (χ1) is 25.8. The van der Waals surface area contributed by atoms with Gasteiger partial charge >= 0.3 is 6.09 Å². The van der Waals surface area contributed by atoms with E-state index in [1.165, 1.54) is 52.8 Å². The van der Waals surface area contributed by atoms with Gasteiger partial charge in [-0.2, -0.15) is 4.31 Å². The van der Waals surface area contributed by atoms with E-state index in [0.717, 1.165) is 5.56 Å². The van der Waals surface area contributed by atoms with Crippen LogP contribution < -0.4 is 22.1 Å². The number of nitrogens with one attached hydrogen (secondary N) is 2. The smallest absolute Gasteiger partial charge is 0.407 e. The number of hydrogen-bond acceptors (Lipinski definition) is 9. The molecule has 0 aliphatic heterocycles. The van der Waals surface area contributed by atoms with Gasteiger partial charge in [0.15, 0.2) is 0 Å². The van der Waals surface area contributed by atoms with Crippen LogP contribution in [0.2, 0.25) is 0 Å². The predicted molar refractivity (Wildman–Crippen MR) is 208 cm³/mol. The number of benzene rings is 3. The third-order valence-electron chi connectivity index (χ3n) is 8.70. The minimum atomic E-state index is -4.01. The number of anilines is 1. The molecule has 3 rings (SSSR count). The van der Waals surface area contributed by atoms with Gasteiger partial charge in [0, 0.05) is 67.9 Å². The molecule has 0 aliphatic carbocycles. The summed E-state index contributed by atoms with van der Waals surface area (Å²) in [6.07, 6.45) is 1.77. The maximum absolute atomic E-state index is 14.1. The van der Waals surface area contributed by atoms with Gasteiger partial charge in [0.25, 0.3) is 5.91 Å².